The average Bonchev–Trinajstić information content (AvgIpc) is 2.90. The van der Waals surface area contributed by atoms with Gasteiger partial charge in [0.2, 0.25) is 0 Å². The summed E-state index contributed by atoms with van der Waals surface area (Å²) in [5.41, 5.74) is 0. The van der Waals surface area contributed by atoms with E-state index in [-0.39, 0.29) is 72.2 Å². The molecule has 0 aromatic heterocycles. The van der Waals surface area contributed by atoms with Gasteiger partial charge in [0, 0.05) is 26.2 Å². The number of ether oxygens (including phenoxy) is 3. The molecule has 2 fully saturated rings. The molecule has 23 heteroatoms. The molecule has 0 amide bonds. The van der Waals surface area contributed by atoms with E-state index in [1.54, 1.807) is 0 Å². The molecule has 0 bridgehead atoms. The van der Waals surface area contributed by atoms with Gasteiger partial charge >= 0.3 is 71.1 Å². The number of rotatable bonds is 15. The van der Waals surface area contributed by atoms with Crippen LogP contribution in [0.5, 0.6) is 0 Å². The van der Waals surface area contributed by atoms with Crippen LogP contribution < -0.4 is 69.3 Å². The zero-order valence-electron chi connectivity index (χ0n) is 24.5. The Morgan fingerprint density at radius 3 is 1.47 bits per heavy atom. The van der Waals surface area contributed by atoms with Gasteiger partial charge in [-0.2, -0.15) is 0 Å². The van der Waals surface area contributed by atoms with E-state index in [9.17, 15) is 65.1 Å². The molecule has 250 valence electrons. The largest absolute Gasteiger partial charge is 1.00 e. The molecule has 2 saturated heterocycles. The van der Waals surface area contributed by atoms with Crippen LogP contribution in [0.3, 0.4) is 0 Å². The summed E-state index contributed by atoms with van der Waals surface area (Å²) in [5.74, 6) is -5.52. The molecule has 10 N–H and O–H groups in total. The number of hydrogen-bond acceptors (Lipinski definition) is 19. The van der Waals surface area contributed by atoms with Crippen LogP contribution in [0.1, 0.15) is 0 Å². The molecule has 2 aliphatic heterocycles. The normalized spacial score (nSPS) is 31.2. The fraction of sp³-hybridized carbons (Fsp3) is 0.818. The molecule has 2 rings (SSSR count). The SMILES string of the molecule is O=C([O-])CN(CCN(CC(=O)O)CC(=O)O)CC(=O)[O-].OC[C@H]1O[C@@H](O[C@H]2[C@H](O)[C@@H](O)[C@@H](O)O[C@@H]2CO)[C@H](O)[C@@H](O)[C@H]1O.[Na+].[Na+]. The molecular weight excluding hydrogens is 642 g/mol. The molecule has 45 heavy (non-hydrogen) atoms. The summed E-state index contributed by atoms with van der Waals surface area (Å²) in [4.78, 5) is 43.9. The van der Waals surface area contributed by atoms with E-state index in [4.69, 9.17) is 29.5 Å². The van der Waals surface area contributed by atoms with Crippen molar-refractivity contribution in [1.82, 2.24) is 9.80 Å². The summed E-state index contributed by atoms with van der Waals surface area (Å²) < 4.78 is 15.3. The third-order valence-corrected chi connectivity index (χ3v) is 6.13. The summed E-state index contributed by atoms with van der Waals surface area (Å²) in [7, 11) is 0. The number of aliphatic hydroxyl groups is 8. The Morgan fingerprint density at radius 1 is 0.622 bits per heavy atom. The summed E-state index contributed by atoms with van der Waals surface area (Å²) in [5, 5.41) is 115. The number of carbonyl (C=O) groups excluding carboxylic acids is 2. The van der Waals surface area contributed by atoms with E-state index in [0.717, 1.165) is 9.80 Å². The molecule has 10 atom stereocenters. The maximum atomic E-state index is 10.5. The van der Waals surface area contributed by atoms with Crippen molar-refractivity contribution >= 4 is 23.9 Å². The third kappa shape index (κ3) is 15.9. The number of carboxylic acid groups (broad SMARTS) is 4. The van der Waals surface area contributed by atoms with Gasteiger partial charge in [0.25, 0.3) is 0 Å². The molecular formula is C22H36N2Na2O19. The second-order valence-corrected chi connectivity index (χ2v) is 9.48. The minimum Gasteiger partial charge on any atom is -0.549 e. The van der Waals surface area contributed by atoms with Crippen molar-refractivity contribution in [1.29, 1.82) is 0 Å². The van der Waals surface area contributed by atoms with E-state index < -0.39 is 125 Å². The Labute approximate surface area is 299 Å². The minimum atomic E-state index is -1.74. The second-order valence-electron chi connectivity index (χ2n) is 9.48. The summed E-state index contributed by atoms with van der Waals surface area (Å²) in [6.45, 7) is -4.10. The molecule has 2 aliphatic rings. The number of carboxylic acids is 4. The van der Waals surface area contributed by atoms with Gasteiger partial charge < -0.3 is 85.1 Å². The zero-order valence-corrected chi connectivity index (χ0v) is 28.5. The first-order chi connectivity index (χ1) is 20.0. The molecule has 0 aromatic carbocycles. The molecule has 21 nitrogen and oxygen atoms in total. The smallest absolute Gasteiger partial charge is 0.549 e. The van der Waals surface area contributed by atoms with Gasteiger partial charge in [-0.3, -0.25) is 19.4 Å². The Kier molecular flexibility index (Phi) is 23.6. The standard InChI is InChI=1S/C12H22O11.C10H16N2O8.2Na/c13-1-3-5(15)6(16)9(19)12(22-3)23-10-4(2-14)21-11(20)8(18)7(10)17;13-7(14)3-11(4-8(15)16)1-2-12(5-9(17)18)6-10(19)20;;/h3-20H,1-2H2;1-6H2,(H,13,14)(H,15,16)(H,17,18)(H,19,20);;/q;;2*+1/p-2/t3-,4-,5+,6+,7-,8-,9-,10-,11+,12+;;;/m1.../s1. The fourth-order valence-corrected chi connectivity index (χ4v) is 4.03. The van der Waals surface area contributed by atoms with Crippen molar-refractivity contribution in [2.45, 2.75) is 61.4 Å². The summed E-state index contributed by atoms with van der Waals surface area (Å²) >= 11 is 0. The summed E-state index contributed by atoms with van der Waals surface area (Å²) in [6, 6.07) is 0. The molecule has 0 radical (unpaired) electrons. The molecule has 0 aliphatic carbocycles. The van der Waals surface area contributed by atoms with E-state index in [1.165, 1.54) is 0 Å². The monoisotopic (exact) mass is 678 g/mol. The molecule has 0 unspecified atom stereocenters. The van der Waals surface area contributed by atoms with Gasteiger partial charge in [-0.05, 0) is 0 Å². The van der Waals surface area contributed by atoms with Crippen molar-refractivity contribution in [2.75, 3.05) is 52.5 Å². The predicted octanol–water partition coefficient (Wildman–Crippen LogP) is -16.1. The third-order valence-electron chi connectivity index (χ3n) is 6.13. The van der Waals surface area contributed by atoms with Crippen LogP contribution in [-0.4, -0.2) is 199 Å². The first-order valence-corrected chi connectivity index (χ1v) is 12.6. The van der Waals surface area contributed by atoms with Crippen molar-refractivity contribution in [2.24, 2.45) is 0 Å². The fourth-order valence-electron chi connectivity index (χ4n) is 4.03. The van der Waals surface area contributed by atoms with E-state index in [0.29, 0.717) is 0 Å². The quantitative estimate of drug-likeness (QED) is 0.0718. The van der Waals surface area contributed by atoms with Crippen LogP contribution >= 0.6 is 0 Å². The first kappa shape index (κ1) is 46.5. The van der Waals surface area contributed by atoms with E-state index in [2.05, 4.69) is 0 Å². The van der Waals surface area contributed by atoms with Crippen LogP contribution in [0.4, 0.5) is 0 Å². The Hall–Kier alpha value is -0.640. The minimum absolute atomic E-state index is 0. The van der Waals surface area contributed by atoms with Gasteiger partial charge in [-0.25, -0.2) is 0 Å². The van der Waals surface area contributed by atoms with Gasteiger partial charge in [-0.15, -0.1) is 0 Å². The first-order valence-electron chi connectivity index (χ1n) is 12.6. The zero-order chi connectivity index (χ0) is 33.0. The summed E-state index contributed by atoms with van der Waals surface area (Å²) in [6.07, 6.45) is -15.6. The van der Waals surface area contributed by atoms with Crippen LogP contribution in [-0.2, 0) is 33.4 Å². The Morgan fingerprint density at radius 2 is 1.07 bits per heavy atom. The van der Waals surface area contributed by atoms with Gasteiger partial charge in [-0.1, -0.05) is 0 Å². The number of nitrogens with zero attached hydrogens (tertiary/aromatic N) is 2. The topological polar surface area (TPSA) is 351 Å². The number of aliphatic carboxylic acids is 4. The number of carbonyl (C=O) groups is 4. The van der Waals surface area contributed by atoms with Crippen molar-refractivity contribution in [3.05, 3.63) is 0 Å². The molecule has 0 aromatic rings. The Bertz CT molecular complexity index is 850. The van der Waals surface area contributed by atoms with Crippen LogP contribution in [0.15, 0.2) is 0 Å². The van der Waals surface area contributed by atoms with Crippen molar-refractivity contribution < 1.29 is 154 Å². The van der Waals surface area contributed by atoms with Crippen molar-refractivity contribution in [3.63, 3.8) is 0 Å². The number of hydrogen-bond donors (Lipinski definition) is 10. The van der Waals surface area contributed by atoms with E-state index >= 15 is 0 Å². The average molecular weight is 679 g/mol. The van der Waals surface area contributed by atoms with Gasteiger partial charge in [0.15, 0.2) is 12.6 Å². The maximum absolute atomic E-state index is 10.5. The predicted molar refractivity (Wildman–Crippen MR) is 127 cm³/mol. The van der Waals surface area contributed by atoms with E-state index in [1.807, 2.05) is 0 Å². The van der Waals surface area contributed by atoms with Gasteiger partial charge in [0.1, 0.15) is 48.8 Å². The number of aliphatic hydroxyl groups excluding tert-OH is 8. The Balaban J connectivity index is 0. The van der Waals surface area contributed by atoms with Crippen molar-refractivity contribution in [3.8, 4) is 0 Å². The molecule has 0 spiro atoms. The van der Waals surface area contributed by atoms with Crippen LogP contribution in [0, 0.1) is 0 Å². The molecule has 0 saturated carbocycles. The second kappa shape index (κ2) is 22.8. The van der Waals surface area contributed by atoms with Gasteiger partial charge in [0.05, 0.1) is 38.2 Å². The molecule has 2 heterocycles. The van der Waals surface area contributed by atoms with Crippen LogP contribution in [0.25, 0.3) is 0 Å². The maximum Gasteiger partial charge on any atom is 1.00 e. The van der Waals surface area contributed by atoms with Crippen LogP contribution in [0.2, 0.25) is 0 Å².